The molecule has 0 spiro atoms. The molecule has 0 aliphatic rings. The summed E-state index contributed by atoms with van der Waals surface area (Å²) in [5, 5.41) is 3.61. The molecule has 0 aromatic heterocycles. The molecule has 0 saturated carbocycles. The lowest BCUT2D eigenvalue weighted by Crippen LogP contribution is -2.33. The van der Waals surface area contributed by atoms with Gasteiger partial charge >= 0.3 is 0 Å². The van der Waals surface area contributed by atoms with Crippen LogP contribution >= 0.6 is 23.4 Å². The van der Waals surface area contributed by atoms with Crippen molar-refractivity contribution >= 4 is 45.0 Å². The van der Waals surface area contributed by atoms with Crippen LogP contribution in [0.4, 0.5) is 5.69 Å². The van der Waals surface area contributed by atoms with Gasteiger partial charge < -0.3 is 5.32 Å². The van der Waals surface area contributed by atoms with E-state index in [4.69, 9.17) is 11.6 Å². The Balaban J connectivity index is 1.64. The number of anilines is 1. The molecule has 0 bridgehead atoms. The summed E-state index contributed by atoms with van der Waals surface area (Å²) in [7, 11) is -3.60. The SMILES string of the molecule is CS(=O)(=O)N(Cc1ccccc1)c1ccccc1C(=O)NCCSCc1ccc(Cl)cc1. The minimum absolute atomic E-state index is 0.154. The Morgan fingerprint density at radius 3 is 2.28 bits per heavy atom. The summed E-state index contributed by atoms with van der Waals surface area (Å²) in [6.45, 7) is 0.629. The summed E-state index contributed by atoms with van der Waals surface area (Å²) in [6.07, 6.45) is 1.15. The van der Waals surface area contributed by atoms with E-state index in [-0.39, 0.29) is 12.5 Å². The van der Waals surface area contributed by atoms with Gasteiger partial charge in [-0.1, -0.05) is 66.2 Å². The van der Waals surface area contributed by atoms with Gasteiger partial charge in [-0.3, -0.25) is 9.10 Å². The topological polar surface area (TPSA) is 66.5 Å². The van der Waals surface area contributed by atoms with Gasteiger partial charge in [0.2, 0.25) is 10.0 Å². The molecule has 0 aliphatic carbocycles. The molecule has 0 atom stereocenters. The summed E-state index contributed by atoms with van der Waals surface area (Å²) in [5.74, 6) is 1.26. The Kier molecular flexibility index (Phi) is 8.61. The zero-order valence-corrected chi connectivity index (χ0v) is 20.1. The Bertz CT molecular complexity index is 1140. The minimum atomic E-state index is -3.60. The molecular formula is C24H25ClN2O3S2. The van der Waals surface area contributed by atoms with E-state index < -0.39 is 10.0 Å². The second-order valence-electron chi connectivity index (χ2n) is 7.21. The van der Waals surface area contributed by atoms with E-state index in [1.807, 2.05) is 54.6 Å². The Morgan fingerprint density at radius 1 is 0.938 bits per heavy atom. The Morgan fingerprint density at radius 2 is 1.59 bits per heavy atom. The number of rotatable bonds is 10. The van der Waals surface area contributed by atoms with Gasteiger partial charge in [-0.15, -0.1) is 0 Å². The van der Waals surface area contributed by atoms with Gasteiger partial charge in [0.05, 0.1) is 24.1 Å². The van der Waals surface area contributed by atoms with Crippen molar-refractivity contribution in [1.29, 1.82) is 0 Å². The number of carbonyl (C=O) groups excluding carboxylic acids is 1. The maximum Gasteiger partial charge on any atom is 0.253 e. The molecule has 0 aliphatic heterocycles. The first-order valence-electron chi connectivity index (χ1n) is 10.1. The fourth-order valence-electron chi connectivity index (χ4n) is 3.12. The average molecular weight is 489 g/mol. The van der Waals surface area contributed by atoms with Gasteiger partial charge in [-0.25, -0.2) is 8.42 Å². The first-order valence-corrected chi connectivity index (χ1v) is 13.4. The summed E-state index contributed by atoms with van der Waals surface area (Å²) in [4.78, 5) is 12.9. The van der Waals surface area contributed by atoms with Crippen LogP contribution in [0.25, 0.3) is 0 Å². The number of para-hydroxylation sites is 1. The fraction of sp³-hybridized carbons (Fsp3) is 0.208. The Hall–Kier alpha value is -2.48. The largest absolute Gasteiger partial charge is 0.351 e. The van der Waals surface area contributed by atoms with Crippen molar-refractivity contribution < 1.29 is 13.2 Å². The van der Waals surface area contributed by atoms with Crippen molar-refractivity contribution in [2.45, 2.75) is 12.3 Å². The van der Waals surface area contributed by atoms with E-state index in [0.29, 0.717) is 22.8 Å². The number of nitrogens with one attached hydrogen (secondary N) is 1. The Labute approximate surface area is 198 Å². The van der Waals surface area contributed by atoms with Crippen molar-refractivity contribution in [2.24, 2.45) is 0 Å². The number of hydrogen-bond acceptors (Lipinski definition) is 4. The van der Waals surface area contributed by atoms with Crippen LogP contribution in [0.15, 0.2) is 78.9 Å². The molecule has 3 aromatic carbocycles. The monoisotopic (exact) mass is 488 g/mol. The second kappa shape index (κ2) is 11.4. The van der Waals surface area contributed by atoms with Gasteiger partial charge in [0.1, 0.15) is 0 Å². The number of benzene rings is 3. The predicted molar refractivity (Wildman–Crippen MR) is 134 cm³/mol. The molecule has 0 fully saturated rings. The van der Waals surface area contributed by atoms with Crippen LogP contribution in [-0.2, 0) is 22.3 Å². The maximum absolute atomic E-state index is 12.9. The standard InChI is InChI=1S/C24H25ClN2O3S2/c1-32(29,30)27(17-19-7-3-2-4-8-19)23-10-6-5-9-22(23)24(28)26-15-16-31-18-20-11-13-21(25)14-12-20/h2-14H,15-18H2,1H3,(H,26,28). The first-order chi connectivity index (χ1) is 15.3. The van der Waals surface area contributed by atoms with Crippen LogP contribution in [0.5, 0.6) is 0 Å². The molecule has 8 heteroatoms. The third-order valence-electron chi connectivity index (χ3n) is 4.70. The lowest BCUT2D eigenvalue weighted by atomic mass is 10.1. The number of carbonyl (C=O) groups is 1. The molecule has 1 amide bonds. The third-order valence-corrected chi connectivity index (χ3v) is 7.11. The third kappa shape index (κ3) is 7.02. The zero-order chi connectivity index (χ0) is 23.0. The molecular weight excluding hydrogens is 464 g/mol. The lowest BCUT2D eigenvalue weighted by Gasteiger charge is -2.24. The molecule has 32 heavy (non-hydrogen) atoms. The van der Waals surface area contributed by atoms with E-state index in [1.54, 1.807) is 36.0 Å². The van der Waals surface area contributed by atoms with E-state index >= 15 is 0 Å². The fourth-order valence-corrected chi connectivity index (χ4v) is 4.96. The van der Waals surface area contributed by atoms with Gasteiger partial charge in [-0.2, -0.15) is 11.8 Å². The predicted octanol–water partition coefficient (Wildman–Crippen LogP) is 4.97. The van der Waals surface area contributed by atoms with Crippen molar-refractivity contribution in [3.63, 3.8) is 0 Å². The normalized spacial score (nSPS) is 11.2. The van der Waals surface area contributed by atoms with E-state index in [1.165, 1.54) is 9.87 Å². The van der Waals surface area contributed by atoms with Gasteiger partial charge in [0.25, 0.3) is 5.91 Å². The lowest BCUT2D eigenvalue weighted by molar-refractivity contribution is 0.0957. The summed E-state index contributed by atoms with van der Waals surface area (Å²) in [6, 6.07) is 23.8. The van der Waals surface area contributed by atoms with Gasteiger partial charge in [0, 0.05) is 23.1 Å². The van der Waals surface area contributed by atoms with Gasteiger partial charge in [0.15, 0.2) is 0 Å². The summed E-state index contributed by atoms with van der Waals surface area (Å²) < 4.78 is 26.4. The van der Waals surface area contributed by atoms with E-state index in [0.717, 1.165) is 23.3 Å². The number of thioether (sulfide) groups is 1. The van der Waals surface area contributed by atoms with E-state index in [2.05, 4.69) is 5.32 Å². The molecule has 1 N–H and O–H groups in total. The van der Waals surface area contributed by atoms with Crippen LogP contribution in [-0.4, -0.2) is 32.9 Å². The van der Waals surface area contributed by atoms with Crippen LogP contribution in [0, 0.1) is 0 Å². The van der Waals surface area contributed by atoms with Gasteiger partial charge in [-0.05, 0) is 35.4 Å². The number of sulfonamides is 1. The molecule has 0 heterocycles. The van der Waals surface area contributed by atoms with Crippen molar-refractivity contribution in [2.75, 3.05) is 22.9 Å². The number of halogens is 1. The summed E-state index contributed by atoms with van der Waals surface area (Å²) >= 11 is 7.60. The van der Waals surface area contributed by atoms with Crippen LogP contribution in [0.1, 0.15) is 21.5 Å². The van der Waals surface area contributed by atoms with Crippen molar-refractivity contribution in [3.05, 3.63) is 101 Å². The number of amides is 1. The van der Waals surface area contributed by atoms with Crippen LogP contribution in [0.2, 0.25) is 5.02 Å². The smallest absolute Gasteiger partial charge is 0.253 e. The molecule has 168 valence electrons. The van der Waals surface area contributed by atoms with E-state index in [9.17, 15) is 13.2 Å². The molecule has 3 rings (SSSR count). The average Bonchev–Trinajstić information content (AvgIpc) is 2.78. The van der Waals surface area contributed by atoms with Crippen LogP contribution in [0.3, 0.4) is 0 Å². The molecule has 0 unspecified atom stereocenters. The van der Waals surface area contributed by atoms with Crippen molar-refractivity contribution in [3.8, 4) is 0 Å². The second-order valence-corrected chi connectivity index (χ2v) is 10.7. The number of nitrogens with zero attached hydrogens (tertiary/aromatic N) is 1. The molecule has 0 radical (unpaired) electrons. The summed E-state index contributed by atoms with van der Waals surface area (Å²) in [5.41, 5.74) is 2.70. The highest BCUT2D eigenvalue weighted by Crippen LogP contribution is 2.25. The highest BCUT2D eigenvalue weighted by atomic mass is 35.5. The van der Waals surface area contributed by atoms with Crippen molar-refractivity contribution in [1.82, 2.24) is 5.32 Å². The molecule has 5 nitrogen and oxygen atoms in total. The zero-order valence-electron chi connectivity index (χ0n) is 17.7. The highest BCUT2D eigenvalue weighted by molar-refractivity contribution is 7.98. The quantitative estimate of drug-likeness (QED) is 0.409. The minimum Gasteiger partial charge on any atom is -0.351 e. The number of hydrogen-bond donors (Lipinski definition) is 1. The molecule has 3 aromatic rings. The highest BCUT2D eigenvalue weighted by Gasteiger charge is 2.23. The maximum atomic E-state index is 12.9. The molecule has 0 saturated heterocycles. The van der Waals surface area contributed by atoms with Crippen LogP contribution < -0.4 is 9.62 Å². The first kappa shape index (κ1) is 24.2.